The summed E-state index contributed by atoms with van der Waals surface area (Å²) in [7, 11) is 0. The van der Waals surface area contributed by atoms with Gasteiger partial charge in [0.05, 0.1) is 10.7 Å². The molecule has 0 unspecified atom stereocenters. The van der Waals surface area contributed by atoms with Crippen molar-refractivity contribution in [3.05, 3.63) is 40.1 Å². The Morgan fingerprint density at radius 2 is 1.96 bits per heavy atom. The second-order valence-electron chi connectivity index (χ2n) is 5.21. The van der Waals surface area contributed by atoms with E-state index in [2.05, 4.69) is 10.5 Å². The first-order valence-corrected chi connectivity index (χ1v) is 7.51. The molecule has 0 fully saturated rings. The lowest BCUT2D eigenvalue weighted by Crippen LogP contribution is -2.24. The minimum Gasteiger partial charge on any atom is -0.463 e. The number of hydrogen-bond donors (Lipinski definition) is 1. The van der Waals surface area contributed by atoms with Crippen molar-refractivity contribution in [3.8, 4) is 5.88 Å². The summed E-state index contributed by atoms with van der Waals surface area (Å²) in [5.41, 5.74) is 2.31. The molecule has 7 nitrogen and oxygen atoms in total. The number of nitrogens with zero attached hydrogens (tertiary/aromatic N) is 1. The van der Waals surface area contributed by atoms with E-state index in [1.807, 2.05) is 19.9 Å². The normalized spacial score (nSPS) is 10.3. The third-order valence-electron chi connectivity index (χ3n) is 3.00. The van der Waals surface area contributed by atoms with E-state index >= 15 is 0 Å². The Morgan fingerprint density at radius 1 is 1.21 bits per heavy atom. The number of amides is 1. The van der Waals surface area contributed by atoms with E-state index in [1.165, 1.54) is 6.07 Å². The Labute approximate surface area is 143 Å². The van der Waals surface area contributed by atoms with Crippen molar-refractivity contribution in [1.82, 2.24) is 5.16 Å². The lowest BCUT2D eigenvalue weighted by Gasteiger charge is -2.11. The van der Waals surface area contributed by atoms with Gasteiger partial charge in [0, 0.05) is 6.07 Å². The highest BCUT2D eigenvalue weighted by atomic mass is 35.5. The molecule has 0 bridgehead atoms. The average molecular weight is 353 g/mol. The Balaban J connectivity index is 1.79. The maximum Gasteiger partial charge on any atom is 0.344 e. The molecule has 0 aliphatic heterocycles. The van der Waals surface area contributed by atoms with Crippen LogP contribution in [0.25, 0.3) is 0 Å². The van der Waals surface area contributed by atoms with Crippen LogP contribution in [0.2, 0.25) is 5.02 Å². The largest absolute Gasteiger partial charge is 0.463 e. The van der Waals surface area contributed by atoms with Crippen molar-refractivity contribution in [2.24, 2.45) is 0 Å². The van der Waals surface area contributed by atoms with Gasteiger partial charge in [-0.2, -0.15) is 0 Å². The summed E-state index contributed by atoms with van der Waals surface area (Å²) in [5.74, 6) is -0.453. The zero-order valence-electron chi connectivity index (χ0n) is 13.5. The van der Waals surface area contributed by atoms with Crippen LogP contribution in [0.15, 0.2) is 22.7 Å². The van der Waals surface area contributed by atoms with Gasteiger partial charge in [0.1, 0.15) is 5.76 Å². The molecule has 0 saturated heterocycles. The predicted molar refractivity (Wildman–Crippen MR) is 87.2 cm³/mol. The summed E-state index contributed by atoms with van der Waals surface area (Å²) in [6.45, 7) is 4.62. The van der Waals surface area contributed by atoms with Crippen molar-refractivity contribution >= 4 is 29.2 Å². The number of carbonyl (C=O) groups excluding carboxylic acids is 2. The van der Waals surface area contributed by atoms with Crippen molar-refractivity contribution in [3.63, 3.8) is 0 Å². The highest BCUT2D eigenvalue weighted by Crippen LogP contribution is 2.27. The fourth-order valence-corrected chi connectivity index (χ4v) is 2.35. The number of esters is 1. The molecule has 0 spiro atoms. The lowest BCUT2D eigenvalue weighted by atomic mass is 10.1. The van der Waals surface area contributed by atoms with Crippen LogP contribution in [0.5, 0.6) is 5.88 Å². The number of hydrogen-bond acceptors (Lipinski definition) is 6. The highest BCUT2D eigenvalue weighted by molar-refractivity contribution is 6.34. The number of aryl methyl sites for hydroxylation is 3. The minimum absolute atomic E-state index is 0.177. The number of anilines is 1. The van der Waals surface area contributed by atoms with Crippen molar-refractivity contribution < 1.29 is 23.6 Å². The molecule has 1 amide bonds. The van der Waals surface area contributed by atoms with Crippen LogP contribution in [0.4, 0.5) is 5.69 Å². The van der Waals surface area contributed by atoms with Gasteiger partial charge in [-0.25, -0.2) is 4.79 Å². The first kappa shape index (κ1) is 17.8. The van der Waals surface area contributed by atoms with Crippen LogP contribution in [-0.2, 0) is 14.3 Å². The molecule has 1 N–H and O–H groups in total. The zero-order chi connectivity index (χ0) is 17.7. The summed E-state index contributed by atoms with van der Waals surface area (Å²) >= 11 is 6.10. The van der Waals surface area contributed by atoms with Gasteiger partial charge in [-0.15, -0.1) is 0 Å². The van der Waals surface area contributed by atoms with Crippen molar-refractivity contribution in [1.29, 1.82) is 0 Å². The van der Waals surface area contributed by atoms with E-state index in [0.29, 0.717) is 16.5 Å². The lowest BCUT2D eigenvalue weighted by molar-refractivity contribution is -0.149. The quantitative estimate of drug-likeness (QED) is 0.804. The molecule has 0 aliphatic rings. The van der Waals surface area contributed by atoms with E-state index in [4.69, 9.17) is 25.6 Å². The zero-order valence-corrected chi connectivity index (χ0v) is 14.3. The molecule has 0 atom stereocenters. The smallest absolute Gasteiger partial charge is 0.344 e. The fraction of sp³-hybridized carbons (Fsp3) is 0.312. The van der Waals surface area contributed by atoms with Crippen molar-refractivity contribution in [2.45, 2.75) is 20.8 Å². The predicted octanol–water partition coefficient (Wildman–Crippen LogP) is 2.81. The molecule has 128 valence electrons. The number of halogens is 1. The SMILES string of the molecule is Cc1cc(C)c(NC(=O)COC(=O)COc2cc(C)on2)c(Cl)c1. The second kappa shape index (κ2) is 7.83. The third kappa shape index (κ3) is 4.99. The molecule has 1 heterocycles. The molecule has 0 radical (unpaired) electrons. The van der Waals surface area contributed by atoms with Crippen molar-refractivity contribution in [2.75, 3.05) is 18.5 Å². The molecule has 24 heavy (non-hydrogen) atoms. The number of rotatable bonds is 6. The van der Waals surface area contributed by atoms with Gasteiger partial charge in [-0.3, -0.25) is 4.79 Å². The monoisotopic (exact) mass is 352 g/mol. The van der Waals surface area contributed by atoms with Crippen LogP contribution >= 0.6 is 11.6 Å². The van der Waals surface area contributed by atoms with Gasteiger partial charge in [0.25, 0.3) is 11.8 Å². The first-order chi connectivity index (χ1) is 11.3. The average Bonchev–Trinajstić information content (AvgIpc) is 2.92. The van der Waals surface area contributed by atoms with Gasteiger partial charge in [0.2, 0.25) is 0 Å². The number of ether oxygens (including phenoxy) is 2. The molecule has 0 saturated carbocycles. The molecular weight excluding hydrogens is 336 g/mol. The summed E-state index contributed by atoms with van der Waals surface area (Å²) < 4.78 is 14.7. The van der Waals surface area contributed by atoms with Gasteiger partial charge >= 0.3 is 5.97 Å². The minimum atomic E-state index is -0.697. The molecule has 2 aromatic rings. The molecule has 2 rings (SSSR count). The number of aromatic nitrogens is 1. The molecular formula is C16H17ClN2O5. The second-order valence-corrected chi connectivity index (χ2v) is 5.62. The Kier molecular flexibility index (Phi) is 5.81. The summed E-state index contributed by atoms with van der Waals surface area (Å²) in [4.78, 5) is 23.4. The maximum atomic E-state index is 11.9. The molecule has 1 aromatic heterocycles. The van der Waals surface area contributed by atoms with Gasteiger partial charge in [-0.1, -0.05) is 17.7 Å². The van der Waals surface area contributed by atoms with Gasteiger partial charge in [-0.05, 0) is 43.1 Å². The Bertz CT molecular complexity index is 734. The number of carbonyl (C=O) groups is 2. The number of benzene rings is 1. The number of nitrogens with one attached hydrogen (secondary N) is 1. The van der Waals surface area contributed by atoms with Crippen LogP contribution < -0.4 is 10.1 Å². The summed E-state index contributed by atoms with van der Waals surface area (Å²) in [5, 5.41) is 6.62. The molecule has 1 aromatic carbocycles. The Morgan fingerprint density at radius 3 is 2.58 bits per heavy atom. The summed E-state index contributed by atoms with van der Waals surface area (Å²) in [6, 6.07) is 5.16. The van der Waals surface area contributed by atoms with E-state index in [0.717, 1.165) is 11.1 Å². The summed E-state index contributed by atoms with van der Waals surface area (Å²) in [6.07, 6.45) is 0. The van der Waals surface area contributed by atoms with Crippen LogP contribution in [0.1, 0.15) is 16.9 Å². The topological polar surface area (TPSA) is 90.7 Å². The van der Waals surface area contributed by atoms with E-state index in [9.17, 15) is 9.59 Å². The first-order valence-electron chi connectivity index (χ1n) is 7.13. The van der Waals surface area contributed by atoms with Crippen LogP contribution in [0.3, 0.4) is 0 Å². The van der Waals surface area contributed by atoms with Crippen LogP contribution in [0, 0.1) is 20.8 Å². The van der Waals surface area contributed by atoms with E-state index in [-0.39, 0.29) is 12.5 Å². The highest BCUT2D eigenvalue weighted by Gasteiger charge is 2.13. The standard InChI is InChI=1S/C16H17ClN2O5/c1-9-4-10(2)16(12(17)5-9)18-13(20)7-23-15(21)8-22-14-6-11(3)24-19-14/h4-6H,7-8H2,1-3H3,(H,18,20). The van der Waals surface area contributed by atoms with Crippen LogP contribution in [-0.4, -0.2) is 30.2 Å². The fourth-order valence-electron chi connectivity index (χ4n) is 1.98. The molecule has 8 heteroatoms. The maximum absolute atomic E-state index is 11.9. The third-order valence-corrected chi connectivity index (χ3v) is 3.30. The Hall–Kier alpha value is -2.54. The van der Waals surface area contributed by atoms with E-state index < -0.39 is 18.5 Å². The van der Waals surface area contributed by atoms with Gasteiger partial charge in [0.15, 0.2) is 13.2 Å². The van der Waals surface area contributed by atoms with Gasteiger partial charge < -0.3 is 19.3 Å². The van der Waals surface area contributed by atoms with E-state index in [1.54, 1.807) is 13.0 Å². The molecule has 0 aliphatic carbocycles.